The molecular formula is C15H23NO2. The molecule has 0 aliphatic heterocycles. The van der Waals surface area contributed by atoms with Crippen molar-refractivity contribution in [1.29, 1.82) is 0 Å². The van der Waals surface area contributed by atoms with Crippen molar-refractivity contribution in [3.63, 3.8) is 0 Å². The maximum absolute atomic E-state index is 11.6. The monoisotopic (exact) mass is 249 g/mol. The van der Waals surface area contributed by atoms with Gasteiger partial charge in [-0.05, 0) is 36.9 Å². The van der Waals surface area contributed by atoms with E-state index in [1.165, 1.54) is 13.5 Å². The average Bonchev–Trinajstić information content (AvgIpc) is 2.37. The minimum absolute atomic E-state index is 0.269. The molecule has 0 amide bonds. The number of ether oxygens (including phenoxy) is 1. The van der Waals surface area contributed by atoms with Gasteiger partial charge in [-0.25, -0.2) is 4.79 Å². The number of carbonyl (C=O) groups is 1. The van der Waals surface area contributed by atoms with Crippen LogP contribution in [0.1, 0.15) is 42.6 Å². The average molecular weight is 249 g/mol. The number of hydrogen-bond donors (Lipinski definition) is 1. The summed E-state index contributed by atoms with van der Waals surface area (Å²) in [5.41, 5.74) is 1.64. The zero-order valence-corrected chi connectivity index (χ0v) is 11.5. The number of rotatable bonds is 7. The van der Waals surface area contributed by atoms with Crippen LogP contribution in [0.5, 0.6) is 0 Å². The van der Waals surface area contributed by atoms with Gasteiger partial charge < -0.3 is 10.1 Å². The molecule has 0 aliphatic carbocycles. The van der Waals surface area contributed by atoms with Gasteiger partial charge in [0.1, 0.15) is 0 Å². The summed E-state index contributed by atoms with van der Waals surface area (Å²) in [5, 5.41) is 3.37. The number of esters is 1. The molecular weight excluding hydrogens is 226 g/mol. The van der Waals surface area contributed by atoms with Gasteiger partial charge in [-0.2, -0.15) is 0 Å². The molecule has 0 radical (unpaired) electrons. The largest absolute Gasteiger partial charge is 0.465 e. The highest BCUT2D eigenvalue weighted by Crippen LogP contribution is 2.10. The smallest absolute Gasteiger partial charge is 0.338 e. The van der Waals surface area contributed by atoms with Gasteiger partial charge in [-0.3, -0.25) is 0 Å². The molecule has 18 heavy (non-hydrogen) atoms. The SMILES string of the molecule is COC(=O)c1ccccc1CNCCCC(C)C. The summed E-state index contributed by atoms with van der Waals surface area (Å²) < 4.78 is 4.77. The van der Waals surface area contributed by atoms with Crippen LogP contribution in [0.4, 0.5) is 0 Å². The fourth-order valence-electron chi connectivity index (χ4n) is 1.84. The lowest BCUT2D eigenvalue weighted by molar-refractivity contribution is 0.0599. The molecule has 0 unspecified atom stereocenters. The third kappa shape index (κ3) is 4.88. The fourth-order valence-corrected chi connectivity index (χ4v) is 1.84. The van der Waals surface area contributed by atoms with Gasteiger partial charge in [-0.15, -0.1) is 0 Å². The molecule has 1 rings (SSSR count). The van der Waals surface area contributed by atoms with E-state index in [-0.39, 0.29) is 5.97 Å². The number of methoxy groups -OCH3 is 1. The maximum atomic E-state index is 11.6. The molecule has 1 aromatic carbocycles. The van der Waals surface area contributed by atoms with Crippen LogP contribution >= 0.6 is 0 Å². The van der Waals surface area contributed by atoms with Crippen molar-refractivity contribution in [3.05, 3.63) is 35.4 Å². The Morgan fingerprint density at radius 1 is 1.33 bits per heavy atom. The Labute approximate surface area is 110 Å². The predicted molar refractivity (Wildman–Crippen MR) is 73.6 cm³/mol. The van der Waals surface area contributed by atoms with Crippen LogP contribution in [0, 0.1) is 5.92 Å². The van der Waals surface area contributed by atoms with Crippen molar-refractivity contribution in [1.82, 2.24) is 5.32 Å². The van der Waals surface area contributed by atoms with Crippen LogP contribution in [0.3, 0.4) is 0 Å². The lowest BCUT2D eigenvalue weighted by Gasteiger charge is -2.09. The first-order valence-corrected chi connectivity index (χ1v) is 6.52. The van der Waals surface area contributed by atoms with Gasteiger partial charge in [-0.1, -0.05) is 32.0 Å². The normalized spacial score (nSPS) is 10.7. The van der Waals surface area contributed by atoms with Crippen LogP contribution in [0.25, 0.3) is 0 Å². The first kappa shape index (κ1) is 14.7. The zero-order valence-electron chi connectivity index (χ0n) is 11.5. The van der Waals surface area contributed by atoms with Crippen molar-refractivity contribution >= 4 is 5.97 Å². The van der Waals surface area contributed by atoms with Crippen LogP contribution in [-0.2, 0) is 11.3 Å². The molecule has 0 aliphatic rings. The van der Waals surface area contributed by atoms with Crippen LogP contribution in [-0.4, -0.2) is 19.6 Å². The Bertz CT molecular complexity index is 375. The summed E-state index contributed by atoms with van der Waals surface area (Å²) in [4.78, 5) is 11.6. The topological polar surface area (TPSA) is 38.3 Å². The van der Waals surface area contributed by atoms with Crippen LogP contribution < -0.4 is 5.32 Å². The highest BCUT2D eigenvalue weighted by Gasteiger charge is 2.09. The molecule has 3 nitrogen and oxygen atoms in total. The number of hydrogen-bond acceptors (Lipinski definition) is 3. The van der Waals surface area contributed by atoms with Crippen molar-refractivity contribution in [2.45, 2.75) is 33.2 Å². The highest BCUT2D eigenvalue weighted by atomic mass is 16.5. The lowest BCUT2D eigenvalue weighted by Crippen LogP contribution is -2.17. The zero-order chi connectivity index (χ0) is 13.4. The van der Waals surface area contributed by atoms with Crippen molar-refractivity contribution in [2.75, 3.05) is 13.7 Å². The van der Waals surface area contributed by atoms with Crippen LogP contribution in [0.15, 0.2) is 24.3 Å². The molecule has 0 bridgehead atoms. The number of benzene rings is 1. The summed E-state index contributed by atoms with van der Waals surface area (Å²) in [6.45, 7) is 6.15. The number of carbonyl (C=O) groups excluding carboxylic acids is 1. The van der Waals surface area contributed by atoms with Gasteiger partial charge in [0, 0.05) is 6.54 Å². The summed E-state index contributed by atoms with van der Waals surface area (Å²) in [5.74, 6) is 0.476. The standard InChI is InChI=1S/C15H23NO2/c1-12(2)7-6-10-16-11-13-8-4-5-9-14(13)15(17)18-3/h4-5,8-9,12,16H,6-7,10-11H2,1-3H3. The molecule has 0 saturated carbocycles. The fraction of sp³-hybridized carbons (Fsp3) is 0.533. The Balaban J connectivity index is 2.44. The second-order valence-corrected chi connectivity index (χ2v) is 4.86. The number of nitrogens with one attached hydrogen (secondary N) is 1. The molecule has 0 aromatic heterocycles. The van der Waals surface area contributed by atoms with Gasteiger partial charge >= 0.3 is 5.97 Å². The minimum Gasteiger partial charge on any atom is -0.465 e. The van der Waals surface area contributed by atoms with Crippen molar-refractivity contribution in [2.24, 2.45) is 5.92 Å². The van der Waals surface area contributed by atoms with E-state index in [1.54, 1.807) is 6.07 Å². The Kier molecular flexibility index (Phi) is 6.44. The summed E-state index contributed by atoms with van der Waals surface area (Å²) in [6.07, 6.45) is 2.39. The van der Waals surface area contributed by atoms with E-state index in [0.717, 1.165) is 24.4 Å². The minimum atomic E-state index is -0.269. The molecule has 3 heteroatoms. The molecule has 0 atom stereocenters. The van der Waals surface area contributed by atoms with Crippen molar-refractivity contribution < 1.29 is 9.53 Å². The van der Waals surface area contributed by atoms with Gasteiger partial charge in [0.2, 0.25) is 0 Å². The quantitative estimate of drug-likeness (QED) is 0.596. The van der Waals surface area contributed by atoms with E-state index in [1.807, 2.05) is 18.2 Å². The molecule has 0 saturated heterocycles. The van der Waals surface area contributed by atoms with E-state index in [0.29, 0.717) is 12.1 Å². The Hall–Kier alpha value is -1.35. The van der Waals surface area contributed by atoms with Gasteiger partial charge in [0.25, 0.3) is 0 Å². The third-order valence-electron chi connectivity index (χ3n) is 2.87. The van der Waals surface area contributed by atoms with E-state index < -0.39 is 0 Å². The van der Waals surface area contributed by atoms with E-state index in [9.17, 15) is 4.79 Å². The second kappa shape index (κ2) is 7.88. The van der Waals surface area contributed by atoms with Gasteiger partial charge in [0.15, 0.2) is 0 Å². The molecule has 0 heterocycles. The molecule has 0 fully saturated rings. The molecule has 1 N–H and O–H groups in total. The summed E-state index contributed by atoms with van der Waals surface area (Å²) >= 11 is 0. The van der Waals surface area contributed by atoms with E-state index in [2.05, 4.69) is 19.2 Å². The first-order chi connectivity index (χ1) is 8.65. The first-order valence-electron chi connectivity index (χ1n) is 6.52. The van der Waals surface area contributed by atoms with E-state index in [4.69, 9.17) is 4.74 Å². The van der Waals surface area contributed by atoms with Crippen LogP contribution in [0.2, 0.25) is 0 Å². The summed E-state index contributed by atoms with van der Waals surface area (Å²) in [7, 11) is 1.41. The lowest BCUT2D eigenvalue weighted by atomic mass is 10.1. The Morgan fingerprint density at radius 3 is 2.72 bits per heavy atom. The highest BCUT2D eigenvalue weighted by molar-refractivity contribution is 5.90. The second-order valence-electron chi connectivity index (χ2n) is 4.86. The van der Waals surface area contributed by atoms with E-state index >= 15 is 0 Å². The van der Waals surface area contributed by atoms with Crippen molar-refractivity contribution in [3.8, 4) is 0 Å². The third-order valence-corrected chi connectivity index (χ3v) is 2.87. The molecule has 1 aromatic rings. The maximum Gasteiger partial charge on any atom is 0.338 e. The molecule has 0 spiro atoms. The predicted octanol–water partition coefficient (Wildman–Crippen LogP) is 3.00. The van der Waals surface area contributed by atoms with Gasteiger partial charge in [0.05, 0.1) is 12.7 Å². The summed E-state index contributed by atoms with van der Waals surface area (Å²) in [6, 6.07) is 7.56. The Morgan fingerprint density at radius 2 is 2.06 bits per heavy atom. The molecule has 100 valence electrons.